The Kier molecular flexibility index (Phi) is 7.00. The van der Waals surface area contributed by atoms with Gasteiger partial charge in [-0.3, -0.25) is 0 Å². The van der Waals surface area contributed by atoms with Crippen LogP contribution in [0.25, 0.3) is 0 Å². The summed E-state index contributed by atoms with van der Waals surface area (Å²) in [5, 5.41) is 14.9. The van der Waals surface area contributed by atoms with Crippen LogP contribution >= 0.6 is 0 Å². The number of aliphatic hydroxyl groups excluding tert-OH is 1. The first-order valence-corrected chi connectivity index (χ1v) is 8.29. The SMILES string of the molecule is CC(O)CC(C)CNC(=O)Nc1cccc(C#Cc2ccccn2)c1. The van der Waals surface area contributed by atoms with Crippen LogP contribution in [0.3, 0.4) is 0 Å². The van der Waals surface area contributed by atoms with Gasteiger partial charge in [0.15, 0.2) is 0 Å². The average Bonchev–Trinajstić information content (AvgIpc) is 2.59. The van der Waals surface area contributed by atoms with Crippen molar-refractivity contribution in [1.82, 2.24) is 10.3 Å². The van der Waals surface area contributed by atoms with E-state index in [0.29, 0.717) is 24.3 Å². The maximum Gasteiger partial charge on any atom is 0.319 e. The Hall–Kier alpha value is -2.84. The maximum absolute atomic E-state index is 12.0. The lowest BCUT2D eigenvalue weighted by atomic mass is 10.1. The summed E-state index contributed by atoms with van der Waals surface area (Å²) in [6.45, 7) is 4.24. The lowest BCUT2D eigenvalue weighted by Gasteiger charge is -2.14. The molecule has 0 fully saturated rings. The highest BCUT2D eigenvalue weighted by Gasteiger charge is 2.08. The minimum Gasteiger partial charge on any atom is -0.393 e. The molecule has 0 saturated heterocycles. The number of pyridine rings is 1. The Bertz CT molecular complexity index is 748. The Morgan fingerprint density at radius 2 is 2.04 bits per heavy atom. The first kappa shape index (κ1) is 18.5. The molecule has 0 aliphatic rings. The van der Waals surface area contributed by atoms with Crippen LogP contribution in [0.2, 0.25) is 0 Å². The Morgan fingerprint density at radius 1 is 1.20 bits per heavy atom. The van der Waals surface area contributed by atoms with Crippen LogP contribution < -0.4 is 10.6 Å². The lowest BCUT2D eigenvalue weighted by molar-refractivity contribution is 0.163. The van der Waals surface area contributed by atoms with Crippen LogP contribution in [0.5, 0.6) is 0 Å². The molecule has 1 heterocycles. The second-order valence-corrected chi connectivity index (χ2v) is 6.07. The summed E-state index contributed by atoms with van der Waals surface area (Å²) in [4.78, 5) is 16.1. The van der Waals surface area contributed by atoms with Gasteiger partial charge in [0.25, 0.3) is 0 Å². The van der Waals surface area contributed by atoms with E-state index in [1.807, 2.05) is 49.4 Å². The number of anilines is 1. The molecule has 0 aliphatic carbocycles. The van der Waals surface area contributed by atoms with E-state index in [9.17, 15) is 9.90 Å². The van der Waals surface area contributed by atoms with Gasteiger partial charge in [-0.05, 0) is 55.5 Å². The maximum atomic E-state index is 12.0. The molecule has 2 aromatic rings. The van der Waals surface area contributed by atoms with Gasteiger partial charge in [0.2, 0.25) is 0 Å². The Labute approximate surface area is 148 Å². The molecule has 2 atom stereocenters. The van der Waals surface area contributed by atoms with Gasteiger partial charge in [0.1, 0.15) is 5.69 Å². The van der Waals surface area contributed by atoms with Crippen LogP contribution in [0.4, 0.5) is 10.5 Å². The minimum atomic E-state index is -0.366. The summed E-state index contributed by atoms with van der Waals surface area (Å²) in [6, 6.07) is 12.6. The van der Waals surface area contributed by atoms with Crippen LogP contribution in [-0.2, 0) is 0 Å². The molecule has 0 bridgehead atoms. The third-order valence-electron chi connectivity index (χ3n) is 3.47. The molecule has 25 heavy (non-hydrogen) atoms. The van der Waals surface area contributed by atoms with Gasteiger partial charge in [-0.1, -0.05) is 25.0 Å². The number of benzene rings is 1. The fourth-order valence-electron chi connectivity index (χ4n) is 2.36. The third kappa shape index (κ3) is 7.06. The minimum absolute atomic E-state index is 0.210. The van der Waals surface area contributed by atoms with Crippen molar-refractivity contribution in [2.75, 3.05) is 11.9 Å². The van der Waals surface area contributed by atoms with Crippen LogP contribution in [0, 0.1) is 17.8 Å². The number of rotatable bonds is 5. The van der Waals surface area contributed by atoms with E-state index >= 15 is 0 Å². The molecule has 2 rings (SSSR count). The van der Waals surface area contributed by atoms with Crippen molar-refractivity contribution >= 4 is 11.7 Å². The van der Waals surface area contributed by atoms with Crippen molar-refractivity contribution in [3.8, 4) is 11.8 Å². The summed E-state index contributed by atoms with van der Waals surface area (Å²) < 4.78 is 0. The van der Waals surface area contributed by atoms with E-state index in [0.717, 1.165) is 5.56 Å². The van der Waals surface area contributed by atoms with E-state index in [2.05, 4.69) is 27.5 Å². The molecule has 0 spiro atoms. The van der Waals surface area contributed by atoms with E-state index in [4.69, 9.17) is 0 Å². The van der Waals surface area contributed by atoms with Gasteiger partial charge in [-0.2, -0.15) is 0 Å². The lowest BCUT2D eigenvalue weighted by Crippen LogP contribution is -2.33. The summed E-state index contributed by atoms with van der Waals surface area (Å²) in [5.41, 5.74) is 2.17. The fourth-order valence-corrected chi connectivity index (χ4v) is 2.36. The number of carbonyl (C=O) groups is 1. The van der Waals surface area contributed by atoms with Crippen molar-refractivity contribution in [3.63, 3.8) is 0 Å². The molecule has 0 saturated carbocycles. The zero-order valence-corrected chi connectivity index (χ0v) is 14.5. The van der Waals surface area contributed by atoms with Gasteiger partial charge >= 0.3 is 6.03 Å². The van der Waals surface area contributed by atoms with E-state index in [1.54, 1.807) is 13.1 Å². The summed E-state index contributed by atoms with van der Waals surface area (Å²) >= 11 is 0. The van der Waals surface area contributed by atoms with Crippen LogP contribution in [0.15, 0.2) is 48.7 Å². The zero-order chi connectivity index (χ0) is 18.1. The molecule has 1 aromatic carbocycles. The highest BCUT2D eigenvalue weighted by molar-refractivity contribution is 5.89. The number of hydrogen-bond acceptors (Lipinski definition) is 3. The van der Waals surface area contributed by atoms with E-state index in [-0.39, 0.29) is 18.1 Å². The summed E-state index contributed by atoms with van der Waals surface area (Å²) in [6.07, 6.45) is 1.98. The topological polar surface area (TPSA) is 74.2 Å². The van der Waals surface area contributed by atoms with Gasteiger partial charge in [-0.25, -0.2) is 9.78 Å². The number of carbonyl (C=O) groups excluding carboxylic acids is 1. The second-order valence-electron chi connectivity index (χ2n) is 6.07. The largest absolute Gasteiger partial charge is 0.393 e. The molecule has 130 valence electrons. The number of nitrogens with zero attached hydrogens (tertiary/aromatic N) is 1. The molecular formula is C20H23N3O2. The molecule has 0 radical (unpaired) electrons. The van der Waals surface area contributed by atoms with Crippen molar-refractivity contribution in [2.45, 2.75) is 26.4 Å². The molecular weight excluding hydrogens is 314 g/mol. The number of hydrogen-bond donors (Lipinski definition) is 3. The van der Waals surface area contributed by atoms with Crippen molar-refractivity contribution in [3.05, 3.63) is 59.9 Å². The standard InChI is InChI=1S/C20H23N3O2/c1-15(12-16(2)24)14-22-20(25)23-19-8-5-6-17(13-19)9-10-18-7-3-4-11-21-18/h3-8,11,13,15-16,24H,12,14H2,1-2H3,(H2,22,23,25). The van der Waals surface area contributed by atoms with Crippen molar-refractivity contribution in [1.29, 1.82) is 0 Å². The summed E-state index contributed by atoms with van der Waals surface area (Å²) in [7, 11) is 0. The van der Waals surface area contributed by atoms with Crippen molar-refractivity contribution in [2.24, 2.45) is 5.92 Å². The molecule has 2 unspecified atom stereocenters. The van der Waals surface area contributed by atoms with Gasteiger partial charge < -0.3 is 15.7 Å². The zero-order valence-electron chi connectivity index (χ0n) is 14.5. The number of nitrogens with one attached hydrogen (secondary N) is 2. The molecule has 1 aromatic heterocycles. The monoisotopic (exact) mass is 337 g/mol. The molecule has 5 nitrogen and oxygen atoms in total. The van der Waals surface area contributed by atoms with Gasteiger partial charge in [-0.15, -0.1) is 0 Å². The van der Waals surface area contributed by atoms with E-state index < -0.39 is 0 Å². The van der Waals surface area contributed by atoms with Crippen LogP contribution in [0.1, 0.15) is 31.5 Å². The molecule has 0 aliphatic heterocycles. The second kappa shape index (κ2) is 9.45. The van der Waals surface area contributed by atoms with Gasteiger partial charge in [0, 0.05) is 24.0 Å². The van der Waals surface area contributed by atoms with Crippen molar-refractivity contribution < 1.29 is 9.90 Å². The third-order valence-corrected chi connectivity index (χ3v) is 3.47. The first-order valence-electron chi connectivity index (χ1n) is 8.29. The Balaban J connectivity index is 1.91. The molecule has 3 N–H and O–H groups in total. The molecule has 5 heteroatoms. The normalized spacial score (nSPS) is 12.4. The Morgan fingerprint density at radius 3 is 2.76 bits per heavy atom. The summed E-state index contributed by atoms with van der Waals surface area (Å²) in [5.74, 6) is 6.23. The fraction of sp³-hybridized carbons (Fsp3) is 0.300. The number of aromatic nitrogens is 1. The quantitative estimate of drug-likeness (QED) is 0.734. The van der Waals surface area contributed by atoms with Gasteiger partial charge in [0.05, 0.1) is 6.10 Å². The van der Waals surface area contributed by atoms with E-state index in [1.165, 1.54) is 0 Å². The average molecular weight is 337 g/mol. The van der Waals surface area contributed by atoms with Crippen LogP contribution in [-0.4, -0.2) is 28.8 Å². The highest BCUT2D eigenvalue weighted by atomic mass is 16.3. The predicted molar refractivity (Wildman–Crippen MR) is 99.1 cm³/mol. The first-order chi connectivity index (χ1) is 12.0. The number of aliphatic hydroxyl groups is 1. The smallest absolute Gasteiger partial charge is 0.319 e. The number of amides is 2. The molecule has 2 amide bonds. The number of urea groups is 1. The predicted octanol–water partition coefficient (Wildman–Crippen LogP) is 3.01. The highest BCUT2D eigenvalue weighted by Crippen LogP contribution is 2.10.